The molecule has 3 aromatic rings. The van der Waals surface area contributed by atoms with E-state index in [9.17, 15) is 4.79 Å². The summed E-state index contributed by atoms with van der Waals surface area (Å²) >= 11 is 1.79. The number of benzene rings is 2. The molecule has 0 fully saturated rings. The number of anilines is 2. The molecule has 0 saturated carbocycles. The zero-order chi connectivity index (χ0) is 19.2. The summed E-state index contributed by atoms with van der Waals surface area (Å²) in [6.07, 6.45) is 8.05. The second kappa shape index (κ2) is 8.97. The Bertz CT molecular complexity index is 880. The van der Waals surface area contributed by atoms with Crippen LogP contribution in [-0.2, 0) is 11.3 Å². The van der Waals surface area contributed by atoms with E-state index in [0.29, 0.717) is 13.0 Å². The Morgan fingerprint density at radius 2 is 1.68 bits per heavy atom. The van der Waals surface area contributed by atoms with Crippen molar-refractivity contribution in [2.45, 2.75) is 35.6 Å². The van der Waals surface area contributed by atoms with Crippen LogP contribution in [0, 0.1) is 0 Å². The molecular formula is C22H24N4OS. The number of nitrogens with one attached hydrogen (secondary N) is 1. The van der Waals surface area contributed by atoms with Gasteiger partial charge in [0.2, 0.25) is 5.91 Å². The van der Waals surface area contributed by atoms with Gasteiger partial charge in [-0.15, -0.1) is 0 Å². The number of rotatable bonds is 8. The van der Waals surface area contributed by atoms with Gasteiger partial charge in [0.1, 0.15) is 0 Å². The van der Waals surface area contributed by atoms with Gasteiger partial charge in [-0.25, -0.2) is 4.98 Å². The number of hydrogen-bond donors (Lipinski definition) is 1. The SMILES string of the molecule is O=C(CCN1c2ccccc2Sc2ccccc21)NCCCCn1ccnc1. The second-order valence-electron chi connectivity index (χ2n) is 6.80. The Morgan fingerprint density at radius 1 is 0.964 bits per heavy atom. The van der Waals surface area contributed by atoms with Crippen molar-refractivity contribution in [3.8, 4) is 0 Å². The van der Waals surface area contributed by atoms with E-state index in [1.807, 2.05) is 12.5 Å². The number of amides is 1. The number of unbranched alkanes of at least 4 members (excludes halogenated alkanes) is 1. The van der Waals surface area contributed by atoms with E-state index in [2.05, 4.69) is 68.3 Å². The number of imidazole rings is 1. The van der Waals surface area contributed by atoms with Crippen molar-refractivity contribution in [1.29, 1.82) is 0 Å². The third-order valence-corrected chi connectivity index (χ3v) is 5.95. The molecule has 0 atom stereocenters. The standard InChI is InChI=1S/C22H24N4OS/c27-22(24-12-5-6-14-25-16-13-23-17-25)11-15-26-18-7-1-3-9-20(18)28-21-10-4-2-8-19(21)26/h1-4,7-10,13,16-17H,5-6,11-12,14-15H2,(H,24,27). The Kier molecular flexibility index (Phi) is 5.97. The fraction of sp³-hybridized carbons (Fsp3) is 0.273. The van der Waals surface area contributed by atoms with Gasteiger partial charge in [-0.05, 0) is 37.1 Å². The summed E-state index contributed by atoms with van der Waals surface area (Å²) in [6, 6.07) is 16.8. The van der Waals surface area contributed by atoms with Crippen LogP contribution in [0.2, 0.25) is 0 Å². The van der Waals surface area contributed by atoms with Crippen LogP contribution in [0.5, 0.6) is 0 Å². The summed E-state index contributed by atoms with van der Waals surface area (Å²) in [5.41, 5.74) is 2.36. The molecule has 1 aliphatic rings. The molecule has 6 heteroatoms. The summed E-state index contributed by atoms with van der Waals surface area (Å²) in [4.78, 5) is 21.1. The number of nitrogens with zero attached hydrogens (tertiary/aromatic N) is 3. The highest BCUT2D eigenvalue weighted by molar-refractivity contribution is 7.99. The number of aryl methyl sites for hydroxylation is 1. The Labute approximate surface area is 169 Å². The normalized spacial score (nSPS) is 12.4. The van der Waals surface area contributed by atoms with Crippen molar-refractivity contribution < 1.29 is 4.79 Å². The lowest BCUT2D eigenvalue weighted by atomic mass is 10.2. The van der Waals surface area contributed by atoms with Crippen molar-refractivity contribution in [3.05, 3.63) is 67.3 Å². The molecule has 1 aromatic heterocycles. The lowest BCUT2D eigenvalue weighted by Gasteiger charge is -2.32. The second-order valence-corrected chi connectivity index (χ2v) is 7.88. The highest BCUT2D eigenvalue weighted by Gasteiger charge is 2.22. The summed E-state index contributed by atoms with van der Waals surface area (Å²) in [7, 11) is 0. The number of fused-ring (bicyclic) bond motifs is 2. The van der Waals surface area contributed by atoms with Gasteiger partial charge >= 0.3 is 0 Å². The van der Waals surface area contributed by atoms with Crippen LogP contribution in [0.15, 0.2) is 77.0 Å². The maximum absolute atomic E-state index is 12.3. The fourth-order valence-electron chi connectivity index (χ4n) is 3.39. The highest BCUT2D eigenvalue weighted by Crippen LogP contribution is 2.47. The van der Waals surface area contributed by atoms with E-state index in [4.69, 9.17) is 0 Å². The number of para-hydroxylation sites is 2. The van der Waals surface area contributed by atoms with E-state index in [0.717, 1.165) is 25.9 Å². The third kappa shape index (κ3) is 4.39. The molecule has 28 heavy (non-hydrogen) atoms. The van der Waals surface area contributed by atoms with Crippen molar-refractivity contribution in [1.82, 2.24) is 14.9 Å². The number of hydrogen-bond acceptors (Lipinski definition) is 4. The fourth-order valence-corrected chi connectivity index (χ4v) is 4.49. The first-order chi connectivity index (χ1) is 13.8. The maximum atomic E-state index is 12.3. The van der Waals surface area contributed by atoms with Crippen LogP contribution in [-0.4, -0.2) is 28.5 Å². The van der Waals surface area contributed by atoms with E-state index >= 15 is 0 Å². The predicted molar refractivity (Wildman–Crippen MR) is 113 cm³/mol. The zero-order valence-electron chi connectivity index (χ0n) is 15.8. The maximum Gasteiger partial charge on any atom is 0.221 e. The highest BCUT2D eigenvalue weighted by atomic mass is 32.2. The van der Waals surface area contributed by atoms with Gasteiger partial charge < -0.3 is 14.8 Å². The minimum Gasteiger partial charge on any atom is -0.356 e. The Balaban J connectivity index is 1.29. The average Bonchev–Trinajstić information content (AvgIpc) is 3.24. The van der Waals surface area contributed by atoms with Gasteiger partial charge in [0.05, 0.1) is 17.7 Å². The monoisotopic (exact) mass is 392 g/mol. The molecule has 4 rings (SSSR count). The smallest absolute Gasteiger partial charge is 0.221 e. The first-order valence-electron chi connectivity index (χ1n) is 9.67. The summed E-state index contributed by atoms with van der Waals surface area (Å²) in [6.45, 7) is 2.33. The van der Waals surface area contributed by atoms with Gasteiger partial charge in [-0.3, -0.25) is 4.79 Å². The molecular weight excluding hydrogens is 368 g/mol. The average molecular weight is 393 g/mol. The number of aromatic nitrogens is 2. The molecule has 0 aliphatic carbocycles. The van der Waals surface area contributed by atoms with Crippen molar-refractivity contribution in [2.24, 2.45) is 0 Å². The van der Waals surface area contributed by atoms with Gasteiger partial charge in [-0.1, -0.05) is 36.0 Å². The molecule has 0 saturated heterocycles. The quantitative estimate of drug-likeness (QED) is 0.575. The molecule has 1 N–H and O–H groups in total. The van der Waals surface area contributed by atoms with Gasteiger partial charge in [0.15, 0.2) is 0 Å². The van der Waals surface area contributed by atoms with Crippen LogP contribution in [0.25, 0.3) is 0 Å². The van der Waals surface area contributed by atoms with E-state index in [-0.39, 0.29) is 5.91 Å². The van der Waals surface area contributed by atoms with Crippen LogP contribution < -0.4 is 10.2 Å². The minimum atomic E-state index is 0.107. The largest absolute Gasteiger partial charge is 0.356 e. The molecule has 2 aromatic carbocycles. The molecule has 144 valence electrons. The molecule has 0 spiro atoms. The lowest BCUT2D eigenvalue weighted by molar-refractivity contribution is -0.120. The first kappa shape index (κ1) is 18.6. The van der Waals surface area contributed by atoms with E-state index < -0.39 is 0 Å². The van der Waals surface area contributed by atoms with Gasteiger partial charge in [-0.2, -0.15) is 0 Å². The Hall–Kier alpha value is -2.73. The van der Waals surface area contributed by atoms with Gasteiger partial charge in [0.25, 0.3) is 0 Å². The molecule has 1 amide bonds. The topological polar surface area (TPSA) is 50.2 Å². The van der Waals surface area contributed by atoms with Crippen molar-refractivity contribution in [2.75, 3.05) is 18.0 Å². The first-order valence-corrected chi connectivity index (χ1v) is 10.5. The van der Waals surface area contributed by atoms with Crippen molar-refractivity contribution in [3.63, 3.8) is 0 Å². The molecule has 1 aliphatic heterocycles. The van der Waals surface area contributed by atoms with Crippen LogP contribution in [0.1, 0.15) is 19.3 Å². The predicted octanol–water partition coefficient (Wildman–Crippen LogP) is 4.47. The number of carbonyl (C=O) groups is 1. The number of carbonyl (C=O) groups excluding carboxylic acids is 1. The molecule has 0 bridgehead atoms. The van der Waals surface area contributed by atoms with E-state index in [1.54, 1.807) is 18.0 Å². The summed E-state index contributed by atoms with van der Waals surface area (Å²) in [5.74, 6) is 0.107. The van der Waals surface area contributed by atoms with Gasteiger partial charge in [0, 0.05) is 48.2 Å². The summed E-state index contributed by atoms with van der Waals surface area (Å²) in [5, 5.41) is 3.05. The van der Waals surface area contributed by atoms with Crippen LogP contribution in [0.3, 0.4) is 0 Å². The molecule has 0 unspecified atom stereocenters. The van der Waals surface area contributed by atoms with Crippen LogP contribution >= 0.6 is 11.8 Å². The minimum absolute atomic E-state index is 0.107. The summed E-state index contributed by atoms with van der Waals surface area (Å²) < 4.78 is 2.06. The Morgan fingerprint density at radius 3 is 2.36 bits per heavy atom. The van der Waals surface area contributed by atoms with Crippen LogP contribution in [0.4, 0.5) is 11.4 Å². The van der Waals surface area contributed by atoms with Crippen molar-refractivity contribution >= 4 is 29.0 Å². The molecule has 2 heterocycles. The molecule has 5 nitrogen and oxygen atoms in total. The third-order valence-electron chi connectivity index (χ3n) is 4.82. The van der Waals surface area contributed by atoms with E-state index in [1.165, 1.54) is 21.2 Å². The zero-order valence-corrected chi connectivity index (χ0v) is 16.6. The molecule has 0 radical (unpaired) electrons. The lowest BCUT2D eigenvalue weighted by Crippen LogP contribution is -2.30.